The number of esters is 1. The van der Waals surface area contributed by atoms with E-state index in [1.165, 1.54) is 16.9 Å². The minimum Gasteiger partial charge on any atom is -0.462 e. The molecule has 1 saturated carbocycles. The Morgan fingerprint density at radius 1 is 1.03 bits per heavy atom. The number of carbonyl (C=O) groups is 3. The van der Waals surface area contributed by atoms with Gasteiger partial charge in [0.05, 0.1) is 28.5 Å². The zero-order valence-electron chi connectivity index (χ0n) is 17.9. The standard InChI is InChI=1S/C23H19Cl3N4O4/c1-2-34-20(31)16-12-27-30(15-5-3-4-13(24)10-15)19(16)29-22(33)23(8-9-23)21(32)28-14-6-7-17(25)18(26)11-14/h3-7,10-12H,2,8-9H2,1H3,(H,28,32)(H,29,33). The molecule has 34 heavy (non-hydrogen) atoms. The van der Waals surface area contributed by atoms with Gasteiger partial charge in [-0.15, -0.1) is 0 Å². The predicted octanol–water partition coefficient (Wildman–Crippen LogP) is 5.37. The van der Waals surface area contributed by atoms with Gasteiger partial charge >= 0.3 is 5.97 Å². The molecule has 176 valence electrons. The lowest BCUT2D eigenvalue weighted by Crippen LogP contribution is -2.36. The van der Waals surface area contributed by atoms with Gasteiger partial charge in [-0.25, -0.2) is 9.48 Å². The number of nitrogens with one attached hydrogen (secondary N) is 2. The van der Waals surface area contributed by atoms with Gasteiger partial charge in [-0.1, -0.05) is 40.9 Å². The molecule has 0 unspecified atom stereocenters. The van der Waals surface area contributed by atoms with Gasteiger partial charge in [0.1, 0.15) is 11.0 Å². The van der Waals surface area contributed by atoms with Crippen LogP contribution in [0.15, 0.2) is 48.7 Å². The summed E-state index contributed by atoms with van der Waals surface area (Å²) >= 11 is 18.0. The second-order valence-electron chi connectivity index (χ2n) is 7.64. The third-order valence-corrected chi connectivity index (χ3v) is 6.32. The SMILES string of the molecule is CCOC(=O)c1cnn(-c2cccc(Cl)c2)c1NC(=O)C1(C(=O)Nc2ccc(Cl)c(Cl)c2)CC1. The number of hydrogen-bond donors (Lipinski definition) is 2. The summed E-state index contributed by atoms with van der Waals surface area (Å²) in [5, 5.41) is 10.7. The molecule has 1 aliphatic carbocycles. The van der Waals surface area contributed by atoms with Gasteiger partial charge in [0.2, 0.25) is 11.8 Å². The highest BCUT2D eigenvalue weighted by molar-refractivity contribution is 6.42. The molecule has 0 atom stereocenters. The highest BCUT2D eigenvalue weighted by Crippen LogP contribution is 2.48. The Labute approximate surface area is 210 Å². The second-order valence-corrected chi connectivity index (χ2v) is 8.89. The number of carbonyl (C=O) groups excluding carboxylic acids is 3. The van der Waals surface area contributed by atoms with Crippen LogP contribution in [0.3, 0.4) is 0 Å². The maximum absolute atomic E-state index is 13.3. The summed E-state index contributed by atoms with van der Waals surface area (Å²) < 4.78 is 6.46. The third kappa shape index (κ3) is 4.75. The van der Waals surface area contributed by atoms with Crippen LogP contribution in [-0.4, -0.2) is 34.2 Å². The number of ether oxygens (including phenoxy) is 1. The number of hydrogen-bond acceptors (Lipinski definition) is 5. The summed E-state index contributed by atoms with van der Waals surface area (Å²) in [5.74, 6) is -1.63. The van der Waals surface area contributed by atoms with Crippen molar-refractivity contribution in [2.24, 2.45) is 5.41 Å². The molecule has 1 aliphatic rings. The Morgan fingerprint density at radius 3 is 2.41 bits per heavy atom. The van der Waals surface area contributed by atoms with Gasteiger partial charge in [0.25, 0.3) is 0 Å². The number of nitrogens with zero attached hydrogens (tertiary/aromatic N) is 2. The predicted molar refractivity (Wildman–Crippen MR) is 130 cm³/mol. The van der Waals surface area contributed by atoms with E-state index < -0.39 is 23.2 Å². The molecule has 11 heteroatoms. The molecule has 0 aliphatic heterocycles. The molecule has 0 saturated heterocycles. The van der Waals surface area contributed by atoms with Crippen molar-refractivity contribution in [3.05, 3.63) is 69.3 Å². The van der Waals surface area contributed by atoms with E-state index in [9.17, 15) is 14.4 Å². The quantitative estimate of drug-likeness (QED) is 0.322. The van der Waals surface area contributed by atoms with E-state index in [2.05, 4.69) is 15.7 Å². The number of halogens is 3. The first kappa shape index (κ1) is 24.1. The first-order valence-corrected chi connectivity index (χ1v) is 11.5. The molecule has 1 fully saturated rings. The van der Waals surface area contributed by atoms with Gasteiger partial charge in [-0.2, -0.15) is 5.10 Å². The number of anilines is 2. The van der Waals surface area contributed by atoms with Gasteiger partial charge < -0.3 is 15.4 Å². The minimum absolute atomic E-state index is 0.0517. The molecule has 1 heterocycles. The van der Waals surface area contributed by atoms with Crippen LogP contribution < -0.4 is 10.6 Å². The summed E-state index contributed by atoms with van der Waals surface area (Å²) in [6.45, 7) is 1.81. The van der Waals surface area contributed by atoms with Crippen LogP contribution >= 0.6 is 34.8 Å². The lowest BCUT2D eigenvalue weighted by Gasteiger charge is -2.17. The van der Waals surface area contributed by atoms with Crippen molar-refractivity contribution in [1.29, 1.82) is 0 Å². The summed E-state index contributed by atoms with van der Waals surface area (Å²) in [4.78, 5) is 38.8. The zero-order chi connectivity index (χ0) is 24.5. The average molecular weight is 522 g/mol. The van der Waals surface area contributed by atoms with E-state index in [0.717, 1.165) is 0 Å². The molecule has 0 radical (unpaired) electrons. The van der Waals surface area contributed by atoms with Gasteiger partial charge in [-0.3, -0.25) is 9.59 Å². The Kier molecular flexibility index (Phi) is 6.84. The minimum atomic E-state index is -1.30. The first-order valence-electron chi connectivity index (χ1n) is 10.3. The molecule has 3 aromatic rings. The summed E-state index contributed by atoms with van der Waals surface area (Å²) in [6.07, 6.45) is 1.97. The molecule has 0 spiro atoms. The van der Waals surface area contributed by atoms with Crippen molar-refractivity contribution in [1.82, 2.24) is 9.78 Å². The van der Waals surface area contributed by atoms with E-state index in [1.807, 2.05) is 0 Å². The van der Waals surface area contributed by atoms with Gasteiger partial charge in [0, 0.05) is 10.7 Å². The van der Waals surface area contributed by atoms with E-state index in [0.29, 0.717) is 34.3 Å². The maximum atomic E-state index is 13.3. The molecule has 8 nitrogen and oxygen atoms in total. The fraction of sp³-hybridized carbons (Fsp3) is 0.217. The van der Waals surface area contributed by atoms with Crippen molar-refractivity contribution in [2.75, 3.05) is 17.2 Å². The Balaban J connectivity index is 1.62. The molecule has 2 aromatic carbocycles. The Morgan fingerprint density at radius 2 is 1.76 bits per heavy atom. The highest BCUT2D eigenvalue weighted by Gasteiger charge is 2.57. The number of aromatic nitrogens is 2. The van der Waals surface area contributed by atoms with Gasteiger partial charge in [-0.05, 0) is 56.2 Å². The topological polar surface area (TPSA) is 102 Å². The van der Waals surface area contributed by atoms with E-state index in [4.69, 9.17) is 39.5 Å². The normalized spacial score (nSPS) is 13.8. The van der Waals surface area contributed by atoms with Crippen LogP contribution in [-0.2, 0) is 14.3 Å². The molecule has 2 N–H and O–H groups in total. The molecular weight excluding hydrogens is 503 g/mol. The van der Waals surface area contributed by atoms with Crippen molar-refractivity contribution in [3.8, 4) is 5.69 Å². The molecule has 1 aromatic heterocycles. The summed E-state index contributed by atoms with van der Waals surface area (Å²) in [5.41, 5.74) is -0.324. The fourth-order valence-corrected chi connectivity index (χ4v) is 3.85. The lowest BCUT2D eigenvalue weighted by molar-refractivity contribution is -0.131. The second kappa shape index (κ2) is 9.66. The van der Waals surface area contributed by atoms with Crippen LogP contribution in [0.4, 0.5) is 11.5 Å². The van der Waals surface area contributed by atoms with Crippen LogP contribution in [0.5, 0.6) is 0 Å². The van der Waals surface area contributed by atoms with Crippen molar-refractivity contribution >= 4 is 64.1 Å². The molecule has 4 rings (SSSR count). The fourth-order valence-electron chi connectivity index (χ4n) is 3.36. The first-order chi connectivity index (χ1) is 16.2. The summed E-state index contributed by atoms with van der Waals surface area (Å²) in [7, 11) is 0. The van der Waals surface area contributed by atoms with E-state index in [-0.39, 0.29) is 23.0 Å². The van der Waals surface area contributed by atoms with Crippen molar-refractivity contribution < 1.29 is 19.1 Å². The van der Waals surface area contributed by atoms with E-state index >= 15 is 0 Å². The van der Waals surface area contributed by atoms with E-state index in [1.54, 1.807) is 43.3 Å². The number of rotatable bonds is 7. The largest absolute Gasteiger partial charge is 0.462 e. The lowest BCUT2D eigenvalue weighted by atomic mass is 10.0. The maximum Gasteiger partial charge on any atom is 0.343 e. The van der Waals surface area contributed by atoms with Crippen molar-refractivity contribution in [3.63, 3.8) is 0 Å². The van der Waals surface area contributed by atoms with Crippen LogP contribution in [0.2, 0.25) is 15.1 Å². The summed E-state index contributed by atoms with van der Waals surface area (Å²) in [6, 6.07) is 11.4. The Hall–Kier alpha value is -3.07. The monoisotopic (exact) mass is 520 g/mol. The zero-order valence-corrected chi connectivity index (χ0v) is 20.2. The van der Waals surface area contributed by atoms with Gasteiger partial charge in [0.15, 0.2) is 5.82 Å². The van der Waals surface area contributed by atoms with Crippen LogP contribution in [0.25, 0.3) is 5.69 Å². The molecule has 2 amide bonds. The van der Waals surface area contributed by atoms with Crippen LogP contribution in [0, 0.1) is 5.41 Å². The average Bonchev–Trinajstić information content (AvgIpc) is 3.52. The smallest absolute Gasteiger partial charge is 0.343 e. The number of benzene rings is 2. The van der Waals surface area contributed by atoms with Crippen LogP contribution in [0.1, 0.15) is 30.1 Å². The highest BCUT2D eigenvalue weighted by atomic mass is 35.5. The molecular formula is C23H19Cl3N4O4. The number of amides is 2. The molecule has 0 bridgehead atoms. The Bertz CT molecular complexity index is 1290. The van der Waals surface area contributed by atoms with Crippen molar-refractivity contribution in [2.45, 2.75) is 19.8 Å². The third-order valence-electron chi connectivity index (χ3n) is 5.35.